The van der Waals surface area contributed by atoms with Gasteiger partial charge in [-0.05, 0) is 26.0 Å². The summed E-state index contributed by atoms with van der Waals surface area (Å²) in [7, 11) is 1.58. The van der Waals surface area contributed by atoms with Crippen molar-refractivity contribution in [1.29, 1.82) is 0 Å². The summed E-state index contributed by atoms with van der Waals surface area (Å²) in [4.78, 5) is 28.3. The summed E-state index contributed by atoms with van der Waals surface area (Å²) >= 11 is 1.22. The quantitative estimate of drug-likeness (QED) is 0.606. The Bertz CT molecular complexity index is 998. The van der Waals surface area contributed by atoms with E-state index in [1.165, 1.54) is 11.3 Å². The molecular weight excluding hydrogens is 382 g/mol. The van der Waals surface area contributed by atoms with Gasteiger partial charge in [-0.25, -0.2) is 9.67 Å². The highest BCUT2D eigenvalue weighted by Crippen LogP contribution is 2.20. The molecule has 0 aliphatic carbocycles. The van der Waals surface area contributed by atoms with Crippen LogP contribution < -0.4 is 10.1 Å². The number of methoxy groups -OCH3 is 1. The number of benzene rings is 1. The standard InChI is InChI=1S/C18H19N5O4S/c1-4-27-15(24)8-12-10-28-18(19-12)20-17(25)16-11(2)23(22-21-16)13-6-5-7-14(9-13)26-3/h5-7,9-10H,4,8H2,1-3H3,(H,19,20,25). The predicted octanol–water partition coefficient (Wildman–Crippen LogP) is 2.40. The number of ether oxygens (including phenoxy) is 2. The highest BCUT2D eigenvalue weighted by Gasteiger charge is 2.19. The molecule has 3 aromatic rings. The molecule has 0 saturated heterocycles. The molecule has 0 atom stereocenters. The number of carbonyl (C=O) groups is 2. The largest absolute Gasteiger partial charge is 0.497 e. The molecule has 1 amide bonds. The van der Waals surface area contributed by atoms with Gasteiger partial charge in [-0.2, -0.15) is 0 Å². The van der Waals surface area contributed by atoms with Gasteiger partial charge in [-0.1, -0.05) is 11.3 Å². The molecule has 1 N–H and O–H groups in total. The lowest BCUT2D eigenvalue weighted by atomic mass is 10.2. The van der Waals surface area contributed by atoms with Crippen molar-refractivity contribution in [1.82, 2.24) is 20.0 Å². The van der Waals surface area contributed by atoms with Gasteiger partial charge < -0.3 is 9.47 Å². The maximum absolute atomic E-state index is 12.6. The van der Waals surface area contributed by atoms with Crippen LogP contribution in [0.4, 0.5) is 5.13 Å². The van der Waals surface area contributed by atoms with E-state index in [1.807, 2.05) is 18.2 Å². The van der Waals surface area contributed by atoms with Crippen molar-refractivity contribution in [2.75, 3.05) is 19.0 Å². The number of thiazole rings is 1. The van der Waals surface area contributed by atoms with E-state index >= 15 is 0 Å². The number of anilines is 1. The van der Waals surface area contributed by atoms with Crippen LogP contribution in [0.15, 0.2) is 29.6 Å². The van der Waals surface area contributed by atoms with Crippen molar-refractivity contribution in [2.24, 2.45) is 0 Å². The lowest BCUT2D eigenvalue weighted by Gasteiger charge is -2.06. The molecule has 146 valence electrons. The van der Waals surface area contributed by atoms with E-state index in [2.05, 4.69) is 20.6 Å². The average Bonchev–Trinajstić information content (AvgIpc) is 3.28. The minimum Gasteiger partial charge on any atom is -0.497 e. The Morgan fingerprint density at radius 2 is 2.14 bits per heavy atom. The molecule has 0 unspecified atom stereocenters. The highest BCUT2D eigenvalue weighted by atomic mass is 32.1. The van der Waals surface area contributed by atoms with E-state index in [4.69, 9.17) is 9.47 Å². The lowest BCUT2D eigenvalue weighted by Crippen LogP contribution is -2.14. The summed E-state index contributed by atoms with van der Waals surface area (Å²) in [5.41, 5.74) is 2.03. The van der Waals surface area contributed by atoms with Crippen molar-refractivity contribution in [3.63, 3.8) is 0 Å². The number of nitrogens with one attached hydrogen (secondary N) is 1. The number of esters is 1. The Morgan fingerprint density at radius 3 is 2.89 bits per heavy atom. The molecule has 0 fully saturated rings. The SMILES string of the molecule is CCOC(=O)Cc1csc(NC(=O)c2nnn(-c3cccc(OC)c3)c2C)n1. The molecule has 10 heteroatoms. The van der Waals surface area contributed by atoms with Gasteiger partial charge in [-0.3, -0.25) is 14.9 Å². The third-order valence-electron chi connectivity index (χ3n) is 3.81. The maximum Gasteiger partial charge on any atom is 0.311 e. The van der Waals surface area contributed by atoms with Crippen LogP contribution in [0.5, 0.6) is 5.75 Å². The van der Waals surface area contributed by atoms with E-state index < -0.39 is 5.91 Å². The van der Waals surface area contributed by atoms with Crippen LogP contribution in [0, 0.1) is 6.92 Å². The molecule has 3 rings (SSSR count). The van der Waals surface area contributed by atoms with Gasteiger partial charge in [0.15, 0.2) is 10.8 Å². The molecule has 2 heterocycles. The summed E-state index contributed by atoms with van der Waals surface area (Å²) in [5.74, 6) is -0.109. The van der Waals surface area contributed by atoms with Crippen molar-refractivity contribution >= 4 is 28.3 Å². The number of hydrogen-bond acceptors (Lipinski definition) is 8. The summed E-state index contributed by atoms with van der Waals surface area (Å²) in [6, 6.07) is 7.29. The summed E-state index contributed by atoms with van der Waals surface area (Å²) < 4.78 is 11.7. The van der Waals surface area contributed by atoms with E-state index in [-0.39, 0.29) is 18.1 Å². The Labute approximate surface area is 165 Å². The zero-order valence-electron chi connectivity index (χ0n) is 15.6. The van der Waals surface area contributed by atoms with Crippen LogP contribution in [0.1, 0.15) is 28.8 Å². The topological polar surface area (TPSA) is 108 Å². The second-order valence-electron chi connectivity index (χ2n) is 5.72. The molecule has 0 spiro atoms. The third kappa shape index (κ3) is 4.34. The number of hydrogen-bond donors (Lipinski definition) is 1. The van der Waals surface area contributed by atoms with Gasteiger partial charge in [0.05, 0.1) is 37.2 Å². The molecule has 0 bridgehead atoms. The number of carbonyl (C=O) groups excluding carboxylic acids is 2. The number of amides is 1. The van der Waals surface area contributed by atoms with E-state index in [1.54, 1.807) is 37.1 Å². The second kappa shape index (κ2) is 8.61. The third-order valence-corrected chi connectivity index (χ3v) is 4.62. The van der Waals surface area contributed by atoms with E-state index in [0.717, 1.165) is 5.69 Å². The summed E-state index contributed by atoms with van der Waals surface area (Å²) in [6.07, 6.45) is 0.0608. The van der Waals surface area contributed by atoms with E-state index in [0.29, 0.717) is 28.9 Å². The number of nitrogens with zero attached hydrogens (tertiary/aromatic N) is 4. The predicted molar refractivity (Wildman–Crippen MR) is 103 cm³/mol. The molecule has 0 saturated carbocycles. The number of rotatable bonds is 7. The van der Waals surface area contributed by atoms with Crippen molar-refractivity contribution < 1.29 is 19.1 Å². The van der Waals surface area contributed by atoms with Gasteiger partial charge in [0, 0.05) is 11.4 Å². The molecule has 1 aromatic carbocycles. The molecule has 9 nitrogen and oxygen atoms in total. The zero-order chi connectivity index (χ0) is 20.1. The lowest BCUT2D eigenvalue weighted by molar-refractivity contribution is -0.142. The first-order chi connectivity index (χ1) is 13.5. The highest BCUT2D eigenvalue weighted by molar-refractivity contribution is 7.14. The van der Waals surface area contributed by atoms with Crippen molar-refractivity contribution in [3.05, 3.63) is 46.7 Å². The molecule has 0 aliphatic heterocycles. The van der Waals surface area contributed by atoms with Gasteiger partial charge in [0.2, 0.25) is 0 Å². The van der Waals surface area contributed by atoms with Crippen molar-refractivity contribution in [3.8, 4) is 11.4 Å². The van der Waals surface area contributed by atoms with Crippen LogP contribution in [0.2, 0.25) is 0 Å². The first kappa shape index (κ1) is 19.5. The van der Waals surface area contributed by atoms with Crippen LogP contribution >= 0.6 is 11.3 Å². The van der Waals surface area contributed by atoms with Crippen LogP contribution in [-0.4, -0.2) is 45.6 Å². The Kier molecular flexibility index (Phi) is 5.99. The van der Waals surface area contributed by atoms with Gasteiger partial charge >= 0.3 is 5.97 Å². The fourth-order valence-electron chi connectivity index (χ4n) is 2.49. The summed E-state index contributed by atoms with van der Waals surface area (Å²) in [5, 5.41) is 12.8. The fraction of sp³-hybridized carbons (Fsp3) is 0.278. The molecule has 0 aliphatic rings. The smallest absolute Gasteiger partial charge is 0.311 e. The van der Waals surface area contributed by atoms with Crippen LogP contribution in [0.3, 0.4) is 0 Å². The minimum absolute atomic E-state index is 0.0608. The average molecular weight is 401 g/mol. The van der Waals surface area contributed by atoms with Crippen LogP contribution in [0.25, 0.3) is 5.69 Å². The zero-order valence-corrected chi connectivity index (χ0v) is 16.4. The van der Waals surface area contributed by atoms with Gasteiger partial charge in [0.25, 0.3) is 5.91 Å². The fourth-order valence-corrected chi connectivity index (χ4v) is 3.19. The first-order valence-electron chi connectivity index (χ1n) is 8.50. The Hall–Kier alpha value is -3.27. The van der Waals surface area contributed by atoms with Gasteiger partial charge in [0.1, 0.15) is 5.75 Å². The molecule has 0 radical (unpaired) electrons. The van der Waals surface area contributed by atoms with Crippen molar-refractivity contribution in [2.45, 2.75) is 20.3 Å². The van der Waals surface area contributed by atoms with Gasteiger partial charge in [-0.15, -0.1) is 16.4 Å². The normalized spacial score (nSPS) is 10.5. The Morgan fingerprint density at radius 1 is 1.32 bits per heavy atom. The molecular formula is C18H19N5O4S. The van der Waals surface area contributed by atoms with Crippen LogP contribution in [-0.2, 0) is 16.0 Å². The Balaban J connectivity index is 1.73. The van der Waals surface area contributed by atoms with E-state index in [9.17, 15) is 9.59 Å². The maximum atomic E-state index is 12.6. The molecule has 28 heavy (non-hydrogen) atoms. The monoisotopic (exact) mass is 401 g/mol. The number of aromatic nitrogens is 4. The first-order valence-corrected chi connectivity index (χ1v) is 9.38. The minimum atomic E-state index is -0.427. The summed E-state index contributed by atoms with van der Waals surface area (Å²) in [6.45, 7) is 3.81. The molecule has 2 aromatic heterocycles. The second-order valence-corrected chi connectivity index (χ2v) is 6.57.